The van der Waals surface area contributed by atoms with Crippen LogP contribution in [-0.2, 0) is 17.9 Å². The van der Waals surface area contributed by atoms with Crippen LogP contribution >= 0.6 is 11.3 Å². The van der Waals surface area contributed by atoms with Crippen molar-refractivity contribution in [2.75, 3.05) is 0 Å². The fourth-order valence-electron chi connectivity index (χ4n) is 3.05. The van der Waals surface area contributed by atoms with Gasteiger partial charge in [0, 0.05) is 16.3 Å². The highest BCUT2D eigenvalue weighted by molar-refractivity contribution is 7.12. The number of ether oxygens (including phenoxy) is 1. The molecular formula is C15H25NOS. The quantitative estimate of drug-likeness (QED) is 0.899. The molecule has 0 saturated heterocycles. The monoisotopic (exact) mass is 267 g/mol. The number of rotatable bonds is 4. The molecule has 0 amide bonds. The zero-order chi connectivity index (χ0) is 13.1. The van der Waals surface area contributed by atoms with Crippen molar-refractivity contribution in [3.63, 3.8) is 0 Å². The molecule has 2 N–H and O–H groups in total. The van der Waals surface area contributed by atoms with Crippen LogP contribution in [0.1, 0.15) is 48.4 Å². The minimum absolute atomic E-state index is 0.448. The maximum absolute atomic E-state index is 6.11. The van der Waals surface area contributed by atoms with Gasteiger partial charge >= 0.3 is 0 Å². The van der Waals surface area contributed by atoms with E-state index in [-0.39, 0.29) is 0 Å². The Morgan fingerprint density at radius 2 is 1.94 bits per heavy atom. The van der Waals surface area contributed by atoms with Crippen LogP contribution in [0, 0.1) is 18.8 Å². The van der Waals surface area contributed by atoms with E-state index in [1.807, 2.05) is 0 Å². The lowest BCUT2D eigenvalue weighted by atomic mass is 9.82. The first kappa shape index (κ1) is 14.0. The number of aryl methyl sites for hydroxylation is 1. The Morgan fingerprint density at radius 1 is 1.28 bits per heavy atom. The third-order valence-electron chi connectivity index (χ3n) is 3.88. The van der Waals surface area contributed by atoms with Crippen LogP contribution in [0.25, 0.3) is 0 Å². The summed E-state index contributed by atoms with van der Waals surface area (Å²) in [6, 6.07) is 2.20. The number of hydrogen-bond donors (Lipinski definition) is 1. The molecule has 18 heavy (non-hydrogen) atoms. The van der Waals surface area contributed by atoms with Gasteiger partial charge in [-0.1, -0.05) is 13.8 Å². The van der Waals surface area contributed by atoms with E-state index < -0.39 is 0 Å². The maximum Gasteiger partial charge on any atom is 0.0731 e. The summed E-state index contributed by atoms with van der Waals surface area (Å²) in [5.41, 5.74) is 7.00. The molecule has 102 valence electrons. The molecule has 0 radical (unpaired) electrons. The summed E-state index contributed by atoms with van der Waals surface area (Å²) < 4.78 is 6.11. The Bertz CT molecular complexity index is 378. The molecule has 1 aliphatic rings. The average Bonchev–Trinajstić information content (AvgIpc) is 2.66. The molecule has 2 unspecified atom stereocenters. The van der Waals surface area contributed by atoms with Crippen molar-refractivity contribution >= 4 is 11.3 Å². The number of thiophene rings is 1. The molecular weight excluding hydrogens is 242 g/mol. The fourth-order valence-corrected chi connectivity index (χ4v) is 3.98. The standard InChI is InChI=1S/C15H25NOS/c1-10-4-11(2)6-14(5-10)17-9-13-7-15(8-16)18-12(13)3/h7,10-11,14H,4-6,8-9,16H2,1-3H3. The molecule has 0 aromatic carbocycles. The lowest BCUT2D eigenvalue weighted by molar-refractivity contribution is -0.00919. The molecule has 2 atom stereocenters. The summed E-state index contributed by atoms with van der Waals surface area (Å²) in [7, 11) is 0. The van der Waals surface area contributed by atoms with Crippen molar-refractivity contribution in [1.29, 1.82) is 0 Å². The van der Waals surface area contributed by atoms with Crippen LogP contribution in [0.2, 0.25) is 0 Å². The van der Waals surface area contributed by atoms with Crippen molar-refractivity contribution in [1.82, 2.24) is 0 Å². The van der Waals surface area contributed by atoms with E-state index in [0.717, 1.165) is 18.4 Å². The van der Waals surface area contributed by atoms with Gasteiger partial charge in [0.1, 0.15) is 0 Å². The van der Waals surface area contributed by atoms with Gasteiger partial charge in [0.15, 0.2) is 0 Å². The third kappa shape index (κ3) is 3.56. The van der Waals surface area contributed by atoms with Gasteiger partial charge in [0.05, 0.1) is 12.7 Å². The van der Waals surface area contributed by atoms with Crippen molar-refractivity contribution in [3.05, 3.63) is 21.4 Å². The molecule has 2 rings (SSSR count). The Morgan fingerprint density at radius 3 is 2.50 bits per heavy atom. The first-order valence-electron chi connectivity index (χ1n) is 6.98. The molecule has 0 aliphatic heterocycles. The second-order valence-electron chi connectivity index (χ2n) is 5.85. The summed E-state index contributed by atoms with van der Waals surface area (Å²) >= 11 is 1.80. The zero-order valence-corrected chi connectivity index (χ0v) is 12.6. The first-order chi connectivity index (χ1) is 8.58. The van der Waals surface area contributed by atoms with Gasteiger partial charge in [0.2, 0.25) is 0 Å². The van der Waals surface area contributed by atoms with Gasteiger partial charge in [-0.25, -0.2) is 0 Å². The van der Waals surface area contributed by atoms with Crippen molar-refractivity contribution in [3.8, 4) is 0 Å². The molecule has 1 saturated carbocycles. The molecule has 1 aromatic heterocycles. The van der Waals surface area contributed by atoms with Gasteiger partial charge in [-0.2, -0.15) is 0 Å². The minimum Gasteiger partial charge on any atom is -0.373 e. The van der Waals surface area contributed by atoms with Crippen molar-refractivity contribution in [2.45, 2.75) is 59.3 Å². The summed E-state index contributed by atoms with van der Waals surface area (Å²) in [4.78, 5) is 2.61. The van der Waals surface area contributed by atoms with Crippen LogP contribution in [-0.4, -0.2) is 6.10 Å². The maximum atomic E-state index is 6.11. The normalized spacial score (nSPS) is 28.6. The van der Waals surface area contributed by atoms with E-state index in [0.29, 0.717) is 12.6 Å². The second-order valence-corrected chi connectivity index (χ2v) is 7.19. The van der Waals surface area contributed by atoms with E-state index in [9.17, 15) is 0 Å². The summed E-state index contributed by atoms with van der Waals surface area (Å²) in [6.07, 6.45) is 4.24. The van der Waals surface area contributed by atoms with Gasteiger partial charge in [-0.3, -0.25) is 0 Å². The third-order valence-corrected chi connectivity index (χ3v) is 5.00. The molecule has 0 spiro atoms. The molecule has 1 aliphatic carbocycles. The van der Waals surface area contributed by atoms with E-state index in [2.05, 4.69) is 26.8 Å². The van der Waals surface area contributed by atoms with Gasteiger partial charge in [-0.15, -0.1) is 11.3 Å². The minimum atomic E-state index is 0.448. The first-order valence-corrected chi connectivity index (χ1v) is 7.80. The fraction of sp³-hybridized carbons (Fsp3) is 0.733. The number of nitrogens with two attached hydrogens (primary N) is 1. The van der Waals surface area contributed by atoms with Gasteiger partial charge in [-0.05, 0) is 49.7 Å². The Kier molecular flexibility index (Phi) is 4.82. The van der Waals surface area contributed by atoms with Crippen LogP contribution in [0.4, 0.5) is 0 Å². The topological polar surface area (TPSA) is 35.2 Å². The zero-order valence-electron chi connectivity index (χ0n) is 11.7. The highest BCUT2D eigenvalue weighted by Gasteiger charge is 2.24. The largest absolute Gasteiger partial charge is 0.373 e. The van der Waals surface area contributed by atoms with Crippen molar-refractivity contribution < 1.29 is 4.74 Å². The molecule has 1 heterocycles. The predicted molar refractivity (Wildman–Crippen MR) is 77.7 cm³/mol. The molecule has 3 heteroatoms. The van der Waals surface area contributed by atoms with E-state index in [1.165, 1.54) is 34.6 Å². The van der Waals surface area contributed by atoms with E-state index in [1.54, 1.807) is 11.3 Å². The highest BCUT2D eigenvalue weighted by atomic mass is 32.1. The molecule has 0 bridgehead atoms. The van der Waals surface area contributed by atoms with Crippen LogP contribution < -0.4 is 5.73 Å². The van der Waals surface area contributed by atoms with Crippen LogP contribution in [0.15, 0.2) is 6.07 Å². The Balaban J connectivity index is 1.88. The van der Waals surface area contributed by atoms with Gasteiger partial charge < -0.3 is 10.5 Å². The lowest BCUT2D eigenvalue weighted by Crippen LogP contribution is -2.26. The van der Waals surface area contributed by atoms with Gasteiger partial charge in [0.25, 0.3) is 0 Å². The smallest absolute Gasteiger partial charge is 0.0731 e. The van der Waals surface area contributed by atoms with E-state index >= 15 is 0 Å². The summed E-state index contributed by atoms with van der Waals surface area (Å²) in [6.45, 7) is 8.24. The Hall–Kier alpha value is -0.380. The molecule has 1 aromatic rings. The average molecular weight is 267 g/mol. The lowest BCUT2D eigenvalue weighted by Gasteiger charge is -2.31. The molecule has 1 fully saturated rings. The van der Waals surface area contributed by atoms with Crippen molar-refractivity contribution in [2.24, 2.45) is 17.6 Å². The second kappa shape index (κ2) is 6.18. The summed E-state index contributed by atoms with van der Waals surface area (Å²) in [5, 5.41) is 0. The van der Waals surface area contributed by atoms with Crippen LogP contribution in [0.5, 0.6) is 0 Å². The highest BCUT2D eigenvalue weighted by Crippen LogP contribution is 2.31. The predicted octanol–water partition coefficient (Wildman–Crippen LogP) is 3.86. The summed E-state index contributed by atoms with van der Waals surface area (Å²) in [5.74, 6) is 1.61. The molecule has 2 nitrogen and oxygen atoms in total. The SMILES string of the molecule is Cc1sc(CN)cc1COC1CC(C)CC(C)C1. The van der Waals surface area contributed by atoms with E-state index in [4.69, 9.17) is 10.5 Å². The van der Waals surface area contributed by atoms with Crippen LogP contribution in [0.3, 0.4) is 0 Å². The Labute approximate surface area is 115 Å². The number of hydrogen-bond acceptors (Lipinski definition) is 3.